The fraction of sp³-hybridized carbons (Fsp3) is 0.333. The van der Waals surface area contributed by atoms with Crippen molar-refractivity contribution in [1.82, 2.24) is 10.2 Å². The highest BCUT2D eigenvalue weighted by molar-refractivity contribution is 6.05. The zero-order valence-corrected chi connectivity index (χ0v) is 18.3. The minimum atomic E-state index is -0.813. The third-order valence-corrected chi connectivity index (χ3v) is 5.86. The lowest BCUT2D eigenvalue weighted by Crippen LogP contribution is -2.52. The number of ether oxygens (including phenoxy) is 1. The number of nitrogens with one attached hydrogen (secondary N) is 2. The number of benzene rings is 2. The van der Waals surface area contributed by atoms with Gasteiger partial charge in [-0.05, 0) is 47.2 Å². The van der Waals surface area contributed by atoms with E-state index in [2.05, 4.69) is 10.6 Å². The highest BCUT2D eigenvalue weighted by Gasteiger charge is 2.39. The van der Waals surface area contributed by atoms with Crippen LogP contribution in [0.3, 0.4) is 0 Å². The minimum absolute atomic E-state index is 0.0372. The van der Waals surface area contributed by atoms with Crippen LogP contribution in [0.4, 0.5) is 14.9 Å². The van der Waals surface area contributed by atoms with Crippen LogP contribution >= 0.6 is 0 Å². The van der Waals surface area contributed by atoms with E-state index >= 15 is 0 Å². The lowest BCUT2D eigenvalue weighted by Gasteiger charge is -2.29. The van der Waals surface area contributed by atoms with Gasteiger partial charge in [0.15, 0.2) is 0 Å². The van der Waals surface area contributed by atoms with Crippen molar-refractivity contribution < 1.29 is 28.3 Å². The number of anilines is 1. The molecule has 1 atom stereocenters. The number of hydrogen-bond acceptors (Lipinski definition) is 5. The molecule has 0 saturated carbocycles. The van der Waals surface area contributed by atoms with E-state index in [9.17, 15) is 23.6 Å². The summed E-state index contributed by atoms with van der Waals surface area (Å²) < 4.78 is 19.2. The van der Waals surface area contributed by atoms with Gasteiger partial charge in [0.05, 0.1) is 5.69 Å². The van der Waals surface area contributed by atoms with Crippen LogP contribution in [-0.4, -0.2) is 34.8 Å². The molecule has 1 unspecified atom stereocenters. The molecule has 9 heteroatoms. The number of carbonyl (C=O) groups is 4. The van der Waals surface area contributed by atoms with E-state index < -0.39 is 23.9 Å². The van der Waals surface area contributed by atoms with E-state index in [4.69, 9.17) is 4.74 Å². The molecule has 2 aliphatic rings. The summed E-state index contributed by atoms with van der Waals surface area (Å²) >= 11 is 0. The van der Waals surface area contributed by atoms with Crippen LogP contribution in [0, 0.1) is 5.82 Å². The molecule has 1 fully saturated rings. The zero-order chi connectivity index (χ0) is 23.7. The Morgan fingerprint density at radius 2 is 2.00 bits per heavy atom. The number of imide groups is 1. The quantitative estimate of drug-likeness (QED) is 0.675. The lowest BCUT2D eigenvalue weighted by atomic mass is 10.0. The molecule has 33 heavy (non-hydrogen) atoms. The van der Waals surface area contributed by atoms with Crippen molar-refractivity contribution >= 4 is 29.5 Å². The first kappa shape index (κ1) is 22.4. The number of amides is 4. The summed E-state index contributed by atoms with van der Waals surface area (Å²) in [5.41, 5.74) is 2.68. The van der Waals surface area contributed by atoms with Gasteiger partial charge in [0, 0.05) is 18.5 Å². The van der Waals surface area contributed by atoms with Crippen molar-refractivity contribution in [2.45, 2.75) is 51.8 Å². The zero-order valence-electron chi connectivity index (χ0n) is 18.3. The highest BCUT2D eigenvalue weighted by atomic mass is 19.1. The average Bonchev–Trinajstić information content (AvgIpc) is 3.09. The summed E-state index contributed by atoms with van der Waals surface area (Å²) in [6.07, 6.45) is -0.340. The maximum Gasteiger partial charge on any atom is 0.412 e. The maximum absolute atomic E-state index is 14.0. The van der Waals surface area contributed by atoms with E-state index in [-0.39, 0.29) is 49.4 Å². The van der Waals surface area contributed by atoms with Gasteiger partial charge in [0.2, 0.25) is 11.8 Å². The van der Waals surface area contributed by atoms with Gasteiger partial charge in [-0.15, -0.1) is 0 Å². The Balaban J connectivity index is 1.39. The number of hydrogen-bond donors (Lipinski definition) is 2. The Hall–Kier alpha value is -3.75. The Bertz CT molecular complexity index is 1150. The average molecular weight is 453 g/mol. The van der Waals surface area contributed by atoms with Crippen LogP contribution in [0.2, 0.25) is 0 Å². The number of carbonyl (C=O) groups excluding carboxylic acids is 4. The molecular weight excluding hydrogens is 429 g/mol. The molecule has 2 heterocycles. The molecule has 2 aliphatic heterocycles. The normalized spacial score (nSPS) is 17.8. The fourth-order valence-corrected chi connectivity index (χ4v) is 3.98. The summed E-state index contributed by atoms with van der Waals surface area (Å²) in [5.74, 6) is -1.51. The van der Waals surface area contributed by atoms with Crippen molar-refractivity contribution in [2.24, 2.45) is 0 Å². The molecule has 0 spiro atoms. The van der Waals surface area contributed by atoms with E-state index in [0.29, 0.717) is 11.1 Å². The van der Waals surface area contributed by atoms with E-state index in [1.165, 1.54) is 11.0 Å². The fourth-order valence-electron chi connectivity index (χ4n) is 3.98. The third-order valence-electron chi connectivity index (χ3n) is 5.86. The number of halogens is 1. The number of nitrogens with zero attached hydrogens (tertiary/aromatic N) is 1. The first-order valence-electron chi connectivity index (χ1n) is 10.7. The van der Waals surface area contributed by atoms with Crippen LogP contribution in [0.5, 0.6) is 0 Å². The lowest BCUT2D eigenvalue weighted by molar-refractivity contribution is -0.136. The van der Waals surface area contributed by atoms with E-state index in [0.717, 1.165) is 11.1 Å². The molecule has 2 aromatic carbocycles. The second-order valence-electron chi connectivity index (χ2n) is 8.49. The van der Waals surface area contributed by atoms with Gasteiger partial charge in [-0.2, -0.15) is 0 Å². The Labute approximate surface area is 190 Å². The molecule has 4 rings (SSSR count). The SMILES string of the molecule is CC(C)c1ccc(F)c(NC(=O)OCc2ccc3c(c2)C(=O)N(C2CCC(=O)NC2=O)C3)c1. The van der Waals surface area contributed by atoms with Gasteiger partial charge in [-0.3, -0.25) is 25.0 Å². The number of fused-ring (bicyclic) bond motifs is 1. The summed E-state index contributed by atoms with van der Waals surface area (Å²) in [6.45, 7) is 4.08. The van der Waals surface area contributed by atoms with Crippen LogP contribution in [-0.2, 0) is 27.5 Å². The number of rotatable bonds is 5. The highest BCUT2D eigenvalue weighted by Crippen LogP contribution is 2.28. The largest absolute Gasteiger partial charge is 0.444 e. The van der Waals surface area contributed by atoms with E-state index in [1.54, 1.807) is 30.3 Å². The van der Waals surface area contributed by atoms with Crippen LogP contribution in [0.1, 0.15) is 59.7 Å². The van der Waals surface area contributed by atoms with Gasteiger partial charge in [0.25, 0.3) is 5.91 Å². The maximum atomic E-state index is 14.0. The molecule has 4 amide bonds. The molecule has 0 bridgehead atoms. The summed E-state index contributed by atoms with van der Waals surface area (Å²) in [6, 6.07) is 8.94. The van der Waals surface area contributed by atoms with Gasteiger partial charge in [-0.1, -0.05) is 32.0 Å². The van der Waals surface area contributed by atoms with Crippen LogP contribution in [0.15, 0.2) is 36.4 Å². The van der Waals surface area contributed by atoms with Crippen LogP contribution < -0.4 is 10.6 Å². The molecular formula is C24H24FN3O5. The van der Waals surface area contributed by atoms with Crippen molar-refractivity contribution in [3.8, 4) is 0 Å². The molecule has 2 N–H and O–H groups in total. The van der Waals surface area contributed by atoms with Crippen molar-refractivity contribution in [3.05, 3.63) is 64.5 Å². The van der Waals surface area contributed by atoms with Crippen LogP contribution in [0.25, 0.3) is 0 Å². The Kier molecular flexibility index (Phi) is 6.13. The summed E-state index contributed by atoms with van der Waals surface area (Å²) in [7, 11) is 0. The minimum Gasteiger partial charge on any atom is -0.444 e. The smallest absolute Gasteiger partial charge is 0.412 e. The monoisotopic (exact) mass is 453 g/mol. The molecule has 0 radical (unpaired) electrons. The molecule has 8 nitrogen and oxygen atoms in total. The summed E-state index contributed by atoms with van der Waals surface area (Å²) in [5, 5.41) is 4.68. The topological polar surface area (TPSA) is 105 Å². The predicted molar refractivity (Wildman–Crippen MR) is 117 cm³/mol. The third kappa shape index (κ3) is 4.72. The second-order valence-corrected chi connectivity index (χ2v) is 8.49. The first-order chi connectivity index (χ1) is 15.7. The molecule has 0 aromatic heterocycles. The second kappa shape index (κ2) is 9.01. The van der Waals surface area contributed by atoms with Crippen molar-refractivity contribution in [2.75, 3.05) is 5.32 Å². The van der Waals surface area contributed by atoms with Gasteiger partial charge >= 0.3 is 6.09 Å². The Morgan fingerprint density at radius 1 is 1.21 bits per heavy atom. The Morgan fingerprint density at radius 3 is 2.73 bits per heavy atom. The molecule has 0 aliphatic carbocycles. The van der Waals surface area contributed by atoms with Gasteiger partial charge in [-0.25, -0.2) is 9.18 Å². The number of piperidine rings is 1. The standard InChI is InChI=1S/C24H24FN3O5/c1-13(2)15-5-6-18(25)19(10-15)26-24(32)33-12-14-3-4-16-11-28(23(31)17(16)9-14)20-7-8-21(29)27-22(20)30/h3-6,9-10,13,20H,7-8,11-12H2,1-2H3,(H,26,32)(H,27,29,30). The van der Waals surface area contributed by atoms with E-state index in [1.807, 2.05) is 13.8 Å². The molecule has 1 saturated heterocycles. The summed E-state index contributed by atoms with van der Waals surface area (Å²) in [4.78, 5) is 50.1. The van der Waals surface area contributed by atoms with Crippen molar-refractivity contribution in [1.29, 1.82) is 0 Å². The van der Waals surface area contributed by atoms with Gasteiger partial charge < -0.3 is 9.64 Å². The molecule has 2 aromatic rings. The van der Waals surface area contributed by atoms with Crippen molar-refractivity contribution in [3.63, 3.8) is 0 Å². The molecule has 172 valence electrons. The van der Waals surface area contributed by atoms with Gasteiger partial charge in [0.1, 0.15) is 18.5 Å². The predicted octanol–water partition coefficient (Wildman–Crippen LogP) is 3.46. The first-order valence-corrected chi connectivity index (χ1v) is 10.7.